The predicted octanol–water partition coefficient (Wildman–Crippen LogP) is 2.59. The molecule has 0 spiro atoms. The van der Waals surface area contributed by atoms with Gasteiger partial charge in [-0.2, -0.15) is 0 Å². The maximum absolute atomic E-state index is 13.7. The van der Waals surface area contributed by atoms with E-state index in [-0.39, 0.29) is 5.56 Å². The lowest BCUT2D eigenvalue weighted by Crippen LogP contribution is -2.09. The first-order valence-corrected chi connectivity index (χ1v) is 6.73. The molecule has 2 aromatic rings. The van der Waals surface area contributed by atoms with E-state index in [1.54, 1.807) is 12.1 Å². The summed E-state index contributed by atoms with van der Waals surface area (Å²) in [6.07, 6.45) is 1.62. The lowest BCUT2D eigenvalue weighted by atomic mass is 10.2. The van der Waals surface area contributed by atoms with Gasteiger partial charge in [0.25, 0.3) is 5.56 Å². The molecule has 100 valence electrons. The molecule has 0 fully saturated rings. The Labute approximate surface area is 114 Å². The van der Waals surface area contributed by atoms with E-state index in [2.05, 4.69) is 9.97 Å². The summed E-state index contributed by atoms with van der Waals surface area (Å²) in [4.78, 5) is 18.8. The molecule has 2 rings (SSSR count). The Hall–Kier alpha value is -1.82. The van der Waals surface area contributed by atoms with Crippen LogP contribution in [0.3, 0.4) is 0 Å². The van der Waals surface area contributed by atoms with Gasteiger partial charge in [0.05, 0.1) is 4.90 Å². The maximum Gasteiger partial charge on any atom is 0.251 e. The Bertz CT molecular complexity index is 642. The van der Waals surface area contributed by atoms with E-state index in [0.29, 0.717) is 21.4 Å². The van der Waals surface area contributed by atoms with Gasteiger partial charge in [0.2, 0.25) is 0 Å². The van der Waals surface area contributed by atoms with E-state index >= 15 is 0 Å². The number of aromatic amines is 1. The fourth-order valence-electron chi connectivity index (χ4n) is 1.62. The first kappa shape index (κ1) is 13.6. The highest BCUT2D eigenvalue weighted by Crippen LogP contribution is 2.27. The summed E-state index contributed by atoms with van der Waals surface area (Å²) in [7, 11) is 0. The summed E-state index contributed by atoms with van der Waals surface area (Å²) in [5.74, 6) is -0.423. The zero-order valence-electron chi connectivity index (χ0n) is 10.4. The molecule has 0 amide bonds. The molecule has 6 heteroatoms. The zero-order chi connectivity index (χ0) is 13.8. The van der Waals surface area contributed by atoms with Crippen molar-refractivity contribution in [2.24, 2.45) is 0 Å². The number of anilines is 1. The monoisotopic (exact) mass is 279 g/mol. The van der Waals surface area contributed by atoms with E-state index in [9.17, 15) is 9.18 Å². The van der Waals surface area contributed by atoms with Crippen LogP contribution in [0.2, 0.25) is 0 Å². The molecule has 0 radical (unpaired) electrons. The van der Waals surface area contributed by atoms with Gasteiger partial charge < -0.3 is 10.7 Å². The highest BCUT2D eigenvalue weighted by Gasteiger charge is 2.08. The number of aromatic nitrogens is 2. The largest absolute Gasteiger partial charge is 0.399 e. The first-order chi connectivity index (χ1) is 9.08. The molecule has 0 saturated heterocycles. The van der Waals surface area contributed by atoms with Gasteiger partial charge in [-0.3, -0.25) is 4.79 Å². The average molecular weight is 279 g/mol. The molecule has 0 unspecified atom stereocenters. The average Bonchev–Trinajstić information content (AvgIpc) is 2.32. The van der Waals surface area contributed by atoms with Gasteiger partial charge in [0.1, 0.15) is 5.82 Å². The van der Waals surface area contributed by atoms with Crippen molar-refractivity contribution in [3.63, 3.8) is 0 Å². The Balaban J connectivity index is 2.30. The van der Waals surface area contributed by atoms with Crippen LogP contribution in [0.25, 0.3) is 0 Å². The van der Waals surface area contributed by atoms with Crippen molar-refractivity contribution in [2.45, 2.75) is 29.8 Å². The van der Waals surface area contributed by atoms with Crippen molar-refractivity contribution in [1.29, 1.82) is 0 Å². The standard InChI is InChI=1S/C13H14FN3OS/c1-2-3-9-7-12(18)17-13(16-9)19-11-5-4-8(15)6-10(11)14/h4-7H,2-3,15H2,1H3,(H,16,17,18). The van der Waals surface area contributed by atoms with Crippen LogP contribution in [-0.2, 0) is 6.42 Å². The summed E-state index contributed by atoms with van der Waals surface area (Å²) >= 11 is 1.08. The molecule has 1 aromatic carbocycles. The molecule has 0 aliphatic heterocycles. The summed E-state index contributed by atoms with van der Waals surface area (Å²) in [6, 6.07) is 5.89. The van der Waals surface area contributed by atoms with E-state index in [4.69, 9.17) is 5.73 Å². The first-order valence-electron chi connectivity index (χ1n) is 5.91. The Morgan fingerprint density at radius 2 is 2.21 bits per heavy atom. The highest BCUT2D eigenvalue weighted by atomic mass is 32.2. The molecule has 1 aromatic heterocycles. The topological polar surface area (TPSA) is 71.8 Å². The lowest BCUT2D eigenvalue weighted by molar-refractivity contribution is 0.602. The minimum Gasteiger partial charge on any atom is -0.399 e. The number of halogens is 1. The van der Waals surface area contributed by atoms with Crippen molar-refractivity contribution in [3.8, 4) is 0 Å². The summed E-state index contributed by atoms with van der Waals surface area (Å²) in [6.45, 7) is 2.01. The Kier molecular flexibility index (Phi) is 4.21. The molecule has 4 nitrogen and oxygen atoms in total. The number of nitrogen functional groups attached to an aromatic ring is 1. The van der Waals surface area contributed by atoms with Crippen molar-refractivity contribution in [1.82, 2.24) is 9.97 Å². The fourth-order valence-corrected chi connectivity index (χ4v) is 2.44. The second-order valence-corrected chi connectivity index (χ2v) is 5.11. The molecular weight excluding hydrogens is 265 g/mol. The van der Waals surface area contributed by atoms with Gasteiger partial charge in [-0.1, -0.05) is 13.3 Å². The van der Waals surface area contributed by atoms with E-state index in [1.807, 2.05) is 6.92 Å². The van der Waals surface area contributed by atoms with Crippen molar-refractivity contribution < 1.29 is 4.39 Å². The Morgan fingerprint density at radius 3 is 2.89 bits per heavy atom. The van der Waals surface area contributed by atoms with Gasteiger partial charge in [-0.05, 0) is 36.4 Å². The van der Waals surface area contributed by atoms with Crippen molar-refractivity contribution in [3.05, 3.63) is 46.1 Å². The summed E-state index contributed by atoms with van der Waals surface area (Å²) in [5, 5.41) is 0.389. The lowest BCUT2D eigenvalue weighted by Gasteiger charge is -2.05. The second kappa shape index (κ2) is 5.88. The van der Waals surface area contributed by atoms with Crippen molar-refractivity contribution >= 4 is 17.4 Å². The van der Waals surface area contributed by atoms with Gasteiger partial charge in [0, 0.05) is 17.4 Å². The quantitative estimate of drug-likeness (QED) is 0.666. The fraction of sp³-hybridized carbons (Fsp3) is 0.231. The SMILES string of the molecule is CCCc1cc(=O)[nH]c(Sc2ccc(N)cc2F)n1. The number of hydrogen-bond acceptors (Lipinski definition) is 4. The van der Waals surface area contributed by atoms with Crippen LogP contribution >= 0.6 is 11.8 Å². The highest BCUT2D eigenvalue weighted by molar-refractivity contribution is 7.99. The minimum absolute atomic E-state index is 0.225. The van der Waals surface area contributed by atoms with Crippen LogP contribution < -0.4 is 11.3 Å². The number of benzene rings is 1. The smallest absolute Gasteiger partial charge is 0.251 e. The summed E-state index contributed by atoms with van der Waals surface area (Å²) in [5.41, 5.74) is 6.34. The van der Waals surface area contributed by atoms with Crippen LogP contribution in [0.5, 0.6) is 0 Å². The van der Waals surface area contributed by atoms with E-state index in [1.165, 1.54) is 12.1 Å². The normalized spacial score (nSPS) is 10.6. The minimum atomic E-state index is -0.423. The van der Waals surface area contributed by atoms with Crippen LogP contribution in [0.15, 0.2) is 39.1 Å². The number of nitrogens with two attached hydrogens (primary N) is 1. The third-order valence-corrected chi connectivity index (χ3v) is 3.38. The van der Waals surface area contributed by atoms with Crippen LogP contribution in [0.1, 0.15) is 19.0 Å². The molecule has 0 aliphatic carbocycles. The molecule has 19 heavy (non-hydrogen) atoms. The maximum atomic E-state index is 13.7. The third kappa shape index (κ3) is 3.57. The zero-order valence-corrected chi connectivity index (χ0v) is 11.3. The van der Waals surface area contributed by atoms with Crippen molar-refractivity contribution in [2.75, 3.05) is 5.73 Å². The third-order valence-electron chi connectivity index (χ3n) is 2.44. The number of aryl methyl sites for hydroxylation is 1. The van der Waals surface area contributed by atoms with Gasteiger partial charge >= 0.3 is 0 Å². The van der Waals surface area contributed by atoms with Gasteiger partial charge in [-0.25, -0.2) is 9.37 Å². The van der Waals surface area contributed by atoms with Crippen LogP contribution in [-0.4, -0.2) is 9.97 Å². The van der Waals surface area contributed by atoms with Crippen LogP contribution in [0.4, 0.5) is 10.1 Å². The molecule has 0 aliphatic rings. The van der Waals surface area contributed by atoms with Gasteiger partial charge in [0.15, 0.2) is 5.16 Å². The van der Waals surface area contributed by atoms with Crippen LogP contribution in [0, 0.1) is 5.82 Å². The predicted molar refractivity (Wildman–Crippen MR) is 73.8 cm³/mol. The van der Waals surface area contributed by atoms with E-state index in [0.717, 1.165) is 24.6 Å². The molecule has 3 N–H and O–H groups in total. The number of H-pyrrole nitrogens is 1. The molecule has 0 bridgehead atoms. The number of nitrogens with one attached hydrogen (secondary N) is 1. The van der Waals surface area contributed by atoms with E-state index < -0.39 is 5.82 Å². The molecule has 0 saturated carbocycles. The number of nitrogens with zero attached hydrogens (tertiary/aromatic N) is 1. The Morgan fingerprint density at radius 1 is 1.42 bits per heavy atom. The molecular formula is C13H14FN3OS. The number of rotatable bonds is 4. The van der Waals surface area contributed by atoms with Gasteiger partial charge in [-0.15, -0.1) is 0 Å². The molecule has 1 heterocycles. The second-order valence-electron chi connectivity index (χ2n) is 4.08. The summed E-state index contributed by atoms with van der Waals surface area (Å²) < 4.78 is 13.7. The molecule has 0 atom stereocenters. The number of hydrogen-bond donors (Lipinski definition) is 2.